The van der Waals surface area contributed by atoms with Crippen molar-refractivity contribution in [1.29, 1.82) is 0 Å². The highest BCUT2D eigenvalue weighted by molar-refractivity contribution is 6.30. The summed E-state index contributed by atoms with van der Waals surface area (Å²) in [5, 5.41) is 2.43. The van der Waals surface area contributed by atoms with Crippen LogP contribution in [0.15, 0.2) is 0 Å². The zero-order valence-electron chi connectivity index (χ0n) is 8.44. The Bertz CT molecular complexity index is 164. The smallest absolute Gasteiger partial charge is 0.238 e. The zero-order chi connectivity index (χ0) is 9.94. The van der Waals surface area contributed by atoms with Crippen molar-refractivity contribution < 1.29 is 4.79 Å². The van der Waals surface area contributed by atoms with Crippen molar-refractivity contribution in [3.63, 3.8) is 0 Å². The highest BCUT2D eigenvalue weighted by Crippen LogP contribution is 2.15. The Balaban J connectivity index is 4.15. The summed E-state index contributed by atoms with van der Waals surface area (Å²) in [7, 11) is 0. The van der Waals surface area contributed by atoms with Crippen LogP contribution >= 0.6 is 11.6 Å². The lowest BCUT2D eigenvalue weighted by Gasteiger charge is -2.31. The first kappa shape index (κ1) is 11.8. The van der Waals surface area contributed by atoms with Gasteiger partial charge in [-0.05, 0) is 26.7 Å². The molecule has 1 amide bonds. The minimum atomic E-state index is -0.456. The van der Waals surface area contributed by atoms with E-state index in [1.165, 1.54) is 0 Å². The topological polar surface area (TPSA) is 29.1 Å². The summed E-state index contributed by atoms with van der Waals surface area (Å²) in [5.74, 6) is 0.298. The molecular weight excluding hydrogens is 174 g/mol. The van der Waals surface area contributed by atoms with Crippen LogP contribution < -0.4 is 5.32 Å². The Hall–Kier alpha value is -0.240. The molecule has 0 fully saturated rings. The van der Waals surface area contributed by atoms with E-state index in [1.54, 1.807) is 6.92 Å². The van der Waals surface area contributed by atoms with Gasteiger partial charge in [-0.25, -0.2) is 0 Å². The van der Waals surface area contributed by atoms with E-state index < -0.39 is 5.38 Å². The molecule has 72 valence electrons. The second-order valence-corrected chi connectivity index (χ2v) is 4.64. The maximum Gasteiger partial charge on any atom is 0.238 e. The summed E-state index contributed by atoms with van der Waals surface area (Å²) in [4.78, 5) is 11.2. The van der Waals surface area contributed by atoms with Crippen LogP contribution in [0.25, 0.3) is 0 Å². The molecule has 1 atom stereocenters. The average Bonchev–Trinajstić information content (AvgIpc) is 1.85. The van der Waals surface area contributed by atoms with Crippen molar-refractivity contribution in [2.24, 2.45) is 5.92 Å². The Morgan fingerprint density at radius 1 is 1.33 bits per heavy atom. The molecule has 2 nitrogen and oxygen atoms in total. The van der Waals surface area contributed by atoms with Crippen LogP contribution in [0.2, 0.25) is 0 Å². The van der Waals surface area contributed by atoms with E-state index in [0.29, 0.717) is 5.92 Å². The first-order chi connectivity index (χ1) is 5.27. The van der Waals surface area contributed by atoms with Crippen molar-refractivity contribution in [3.05, 3.63) is 0 Å². The van der Waals surface area contributed by atoms with Crippen LogP contribution in [-0.2, 0) is 4.79 Å². The van der Waals surface area contributed by atoms with Gasteiger partial charge < -0.3 is 5.32 Å². The van der Waals surface area contributed by atoms with E-state index in [-0.39, 0.29) is 11.4 Å². The van der Waals surface area contributed by atoms with Crippen LogP contribution in [0.4, 0.5) is 0 Å². The van der Waals surface area contributed by atoms with Gasteiger partial charge in [-0.1, -0.05) is 13.8 Å². The Kier molecular flexibility index (Phi) is 4.04. The predicted molar refractivity (Wildman–Crippen MR) is 52.4 cm³/mol. The van der Waals surface area contributed by atoms with E-state index in [4.69, 9.17) is 11.6 Å². The van der Waals surface area contributed by atoms with Gasteiger partial charge in [0.05, 0.1) is 0 Å². The summed E-state index contributed by atoms with van der Waals surface area (Å²) < 4.78 is 0. The highest BCUT2D eigenvalue weighted by atomic mass is 35.5. The van der Waals surface area contributed by atoms with Gasteiger partial charge in [-0.3, -0.25) is 4.79 Å². The van der Waals surface area contributed by atoms with Crippen molar-refractivity contribution in [3.8, 4) is 0 Å². The number of carbonyl (C=O) groups is 1. The molecule has 0 spiro atoms. The minimum Gasteiger partial charge on any atom is -0.350 e. The van der Waals surface area contributed by atoms with Crippen molar-refractivity contribution in [1.82, 2.24) is 5.32 Å². The fraction of sp³-hybridized carbons (Fsp3) is 0.889. The molecule has 0 bridgehead atoms. The first-order valence-electron chi connectivity index (χ1n) is 4.23. The molecule has 1 unspecified atom stereocenters. The molecular formula is C9H18ClNO. The van der Waals surface area contributed by atoms with Gasteiger partial charge in [0.2, 0.25) is 5.91 Å². The molecule has 0 aromatic heterocycles. The molecule has 0 aromatic carbocycles. The largest absolute Gasteiger partial charge is 0.350 e. The fourth-order valence-corrected chi connectivity index (χ4v) is 0.616. The minimum absolute atomic E-state index is 0.102. The molecule has 1 N–H and O–H groups in total. The maximum atomic E-state index is 11.2. The van der Waals surface area contributed by atoms with Crippen LogP contribution in [-0.4, -0.2) is 16.8 Å². The van der Waals surface area contributed by atoms with Crippen molar-refractivity contribution >= 4 is 17.5 Å². The molecule has 0 radical (unpaired) electrons. The normalized spacial score (nSPS) is 14.6. The average molecular weight is 192 g/mol. The van der Waals surface area contributed by atoms with Gasteiger partial charge in [0.15, 0.2) is 0 Å². The van der Waals surface area contributed by atoms with E-state index in [9.17, 15) is 4.79 Å². The van der Waals surface area contributed by atoms with Crippen LogP contribution in [0.5, 0.6) is 0 Å². The Morgan fingerprint density at radius 2 is 1.75 bits per heavy atom. The van der Waals surface area contributed by atoms with E-state index in [1.807, 2.05) is 13.8 Å². The second-order valence-electron chi connectivity index (χ2n) is 3.98. The van der Waals surface area contributed by atoms with Crippen LogP contribution in [0.3, 0.4) is 0 Å². The molecule has 0 aromatic rings. The Labute approximate surface area is 79.7 Å². The SMILES string of the molecule is CC(Cl)C(=O)NC(C)(C)C(C)C. The molecule has 0 heterocycles. The van der Waals surface area contributed by atoms with Gasteiger partial charge in [0.25, 0.3) is 0 Å². The maximum absolute atomic E-state index is 11.2. The third-order valence-corrected chi connectivity index (χ3v) is 2.45. The summed E-state index contributed by atoms with van der Waals surface area (Å²) >= 11 is 5.63. The molecule has 0 aliphatic heterocycles. The number of nitrogens with one attached hydrogen (secondary N) is 1. The summed E-state index contributed by atoms with van der Waals surface area (Å²) in [6.45, 7) is 9.80. The molecule has 0 saturated heterocycles. The standard InChI is InChI=1S/C9H18ClNO/c1-6(2)9(4,5)11-8(12)7(3)10/h6-7H,1-5H3,(H,11,12). The van der Waals surface area contributed by atoms with Crippen LogP contribution in [0.1, 0.15) is 34.6 Å². The number of carbonyl (C=O) groups excluding carboxylic acids is 1. The van der Waals surface area contributed by atoms with E-state index in [0.717, 1.165) is 0 Å². The number of alkyl halides is 1. The number of halogens is 1. The first-order valence-corrected chi connectivity index (χ1v) is 4.67. The highest BCUT2D eigenvalue weighted by Gasteiger charge is 2.25. The van der Waals surface area contributed by atoms with Gasteiger partial charge in [-0.15, -0.1) is 11.6 Å². The summed E-state index contributed by atoms with van der Waals surface area (Å²) in [5.41, 5.74) is -0.180. The van der Waals surface area contributed by atoms with E-state index >= 15 is 0 Å². The van der Waals surface area contributed by atoms with Crippen molar-refractivity contribution in [2.75, 3.05) is 0 Å². The monoisotopic (exact) mass is 191 g/mol. The van der Waals surface area contributed by atoms with Gasteiger partial charge >= 0.3 is 0 Å². The van der Waals surface area contributed by atoms with E-state index in [2.05, 4.69) is 19.2 Å². The number of amides is 1. The lowest BCUT2D eigenvalue weighted by atomic mass is 9.90. The molecule has 12 heavy (non-hydrogen) atoms. The number of hydrogen-bond donors (Lipinski definition) is 1. The van der Waals surface area contributed by atoms with Crippen LogP contribution in [0, 0.1) is 5.92 Å². The van der Waals surface area contributed by atoms with Gasteiger partial charge in [-0.2, -0.15) is 0 Å². The lowest BCUT2D eigenvalue weighted by Crippen LogP contribution is -2.49. The zero-order valence-corrected chi connectivity index (χ0v) is 9.20. The third kappa shape index (κ3) is 3.44. The molecule has 0 aliphatic rings. The number of hydrogen-bond acceptors (Lipinski definition) is 1. The number of rotatable bonds is 3. The second kappa shape index (κ2) is 4.13. The molecule has 0 saturated carbocycles. The summed E-state index contributed by atoms with van der Waals surface area (Å²) in [6.07, 6.45) is 0. The molecule has 0 rings (SSSR count). The van der Waals surface area contributed by atoms with Gasteiger partial charge in [0.1, 0.15) is 5.38 Å². The molecule has 3 heteroatoms. The summed E-state index contributed by atoms with van der Waals surface area (Å²) in [6, 6.07) is 0. The molecule has 0 aliphatic carbocycles. The van der Waals surface area contributed by atoms with Crippen molar-refractivity contribution in [2.45, 2.75) is 45.5 Å². The quantitative estimate of drug-likeness (QED) is 0.681. The van der Waals surface area contributed by atoms with Gasteiger partial charge in [0, 0.05) is 5.54 Å². The lowest BCUT2D eigenvalue weighted by molar-refractivity contribution is -0.122. The fourth-order valence-electron chi connectivity index (χ4n) is 0.561. The predicted octanol–water partition coefficient (Wildman–Crippen LogP) is 2.16. The Morgan fingerprint density at radius 3 is 2.00 bits per heavy atom. The third-order valence-electron chi connectivity index (χ3n) is 2.25.